The van der Waals surface area contributed by atoms with Crippen molar-refractivity contribution in [3.05, 3.63) is 0 Å². The van der Waals surface area contributed by atoms with E-state index >= 15 is 0 Å². The molecule has 0 bridgehead atoms. The van der Waals surface area contributed by atoms with Crippen LogP contribution in [0.2, 0.25) is 0 Å². The van der Waals surface area contributed by atoms with Crippen molar-refractivity contribution in [3.8, 4) is 6.07 Å². The Morgan fingerprint density at radius 1 is 1.57 bits per heavy atom. The van der Waals surface area contributed by atoms with E-state index in [4.69, 9.17) is 5.26 Å². The van der Waals surface area contributed by atoms with Gasteiger partial charge in [0, 0.05) is 24.8 Å². The van der Waals surface area contributed by atoms with Gasteiger partial charge in [-0.1, -0.05) is 6.92 Å². The first-order valence-electron chi connectivity index (χ1n) is 5.35. The summed E-state index contributed by atoms with van der Waals surface area (Å²) >= 11 is 1.89. The number of hydrogen-bond donors (Lipinski definition) is 1. The van der Waals surface area contributed by atoms with Gasteiger partial charge in [-0.05, 0) is 30.9 Å². The molecule has 2 nitrogen and oxygen atoms in total. The Kier molecular flexibility index (Phi) is 4.77. The lowest BCUT2D eigenvalue weighted by molar-refractivity contribution is 0.424. The van der Waals surface area contributed by atoms with Gasteiger partial charge in [-0.15, -0.1) is 0 Å². The van der Waals surface area contributed by atoms with Gasteiger partial charge in [-0.3, -0.25) is 0 Å². The summed E-state index contributed by atoms with van der Waals surface area (Å²) in [5.74, 6) is 1.18. The summed E-state index contributed by atoms with van der Waals surface area (Å²) in [6.45, 7) is 3.26. The van der Waals surface area contributed by atoms with E-state index in [-0.39, 0.29) is 0 Å². The van der Waals surface area contributed by atoms with Gasteiger partial charge in [0.2, 0.25) is 0 Å². The highest BCUT2D eigenvalue weighted by Gasteiger charge is 2.42. The summed E-state index contributed by atoms with van der Waals surface area (Å²) in [6.07, 6.45) is 6.54. The van der Waals surface area contributed by atoms with Crippen LogP contribution in [-0.2, 0) is 0 Å². The second-order valence-electron chi connectivity index (χ2n) is 4.28. The van der Waals surface area contributed by atoms with Crippen LogP contribution >= 0.6 is 11.8 Å². The minimum Gasteiger partial charge on any atom is -0.313 e. The number of thioether (sulfide) groups is 1. The van der Waals surface area contributed by atoms with Gasteiger partial charge in [0.15, 0.2) is 0 Å². The smallest absolute Gasteiger partial charge is 0.0628 e. The van der Waals surface area contributed by atoms with Gasteiger partial charge in [0.05, 0.1) is 6.07 Å². The van der Waals surface area contributed by atoms with Crippen LogP contribution in [0.25, 0.3) is 0 Å². The molecule has 0 aliphatic heterocycles. The summed E-state index contributed by atoms with van der Waals surface area (Å²) in [7, 11) is 0. The number of nitrogens with one attached hydrogen (secondary N) is 1. The molecule has 1 fully saturated rings. The molecule has 0 spiro atoms. The standard InChI is InChI=1S/C11H20N2S/c1-3-10(8-14-2)13-9-11(4-5-11)6-7-12/h10,13H,3-6,8-9H2,1-2H3. The van der Waals surface area contributed by atoms with Gasteiger partial charge in [-0.2, -0.15) is 17.0 Å². The third-order valence-corrected chi connectivity index (χ3v) is 3.77. The molecule has 1 rings (SSSR count). The highest BCUT2D eigenvalue weighted by molar-refractivity contribution is 7.98. The quantitative estimate of drug-likeness (QED) is 0.704. The van der Waals surface area contributed by atoms with Gasteiger partial charge >= 0.3 is 0 Å². The molecule has 0 aromatic carbocycles. The second kappa shape index (κ2) is 5.63. The predicted octanol–water partition coefficient (Wildman–Crippen LogP) is 2.41. The first-order valence-corrected chi connectivity index (χ1v) is 6.75. The molecular formula is C11H20N2S. The van der Waals surface area contributed by atoms with E-state index in [1.54, 1.807) is 0 Å². The van der Waals surface area contributed by atoms with Gasteiger partial charge in [0.25, 0.3) is 0 Å². The molecule has 1 unspecified atom stereocenters. The zero-order valence-electron chi connectivity index (χ0n) is 9.18. The van der Waals surface area contributed by atoms with E-state index in [1.807, 2.05) is 11.8 Å². The van der Waals surface area contributed by atoms with E-state index in [2.05, 4.69) is 24.6 Å². The summed E-state index contributed by atoms with van der Waals surface area (Å²) < 4.78 is 0. The molecule has 0 heterocycles. The van der Waals surface area contributed by atoms with Gasteiger partial charge < -0.3 is 5.32 Å². The lowest BCUT2D eigenvalue weighted by Crippen LogP contribution is -2.35. The summed E-state index contributed by atoms with van der Waals surface area (Å²) in [4.78, 5) is 0. The van der Waals surface area contributed by atoms with Crippen molar-refractivity contribution in [2.75, 3.05) is 18.6 Å². The lowest BCUT2D eigenvalue weighted by atomic mass is 10.0. The van der Waals surface area contributed by atoms with Gasteiger partial charge in [0.1, 0.15) is 0 Å². The van der Waals surface area contributed by atoms with Crippen LogP contribution in [0, 0.1) is 16.7 Å². The molecule has 1 aliphatic rings. The number of rotatable bonds is 7. The molecule has 0 aromatic rings. The Morgan fingerprint density at radius 3 is 2.71 bits per heavy atom. The number of nitrogens with zero attached hydrogens (tertiary/aromatic N) is 1. The van der Waals surface area contributed by atoms with E-state index in [9.17, 15) is 0 Å². The first kappa shape index (κ1) is 11.9. The molecule has 80 valence electrons. The third-order valence-electron chi connectivity index (χ3n) is 3.04. The Hall–Kier alpha value is -0.200. The maximum atomic E-state index is 8.69. The second-order valence-corrected chi connectivity index (χ2v) is 5.19. The van der Waals surface area contributed by atoms with Crippen LogP contribution in [0.3, 0.4) is 0 Å². The summed E-state index contributed by atoms with van der Waals surface area (Å²) in [5, 5.41) is 12.3. The molecule has 1 aliphatic carbocycles. The first-order chi connectivity index (χ1) is 6.76. The van der Waals surface area contributed by atoms with Crippen molar-refractivity contribution in [2.45, 2.75) is 38.6 Å². The highest BCUT2D eigenvalue weighted by atomic mass is 32.2. The molecule has 0 amide bonds. The largest absolute Gasteiger partial charge is 0.313 e. The van der Waals surface area contributed by atoms with Crippen molar-refractivity contribution < 1.29 is 0 Å². The lowest BCUT2D eigenvalue weighted by Gasteiger charge is -2.19. The average molecular weight is 212 g/mol. The van der Waals surface area contributed by atoms with Gasteiger partial charge in [-0.25, -0.2) is 0 Å². The summed E-state index contributed by atoms with van der Waals surface area (Å²) in [6, 6.07) is 2.93. The monoisotopic (exact) mass is 212 g/mol. The highest BCUT2D eigenvalue weighted by Crippen LogP contribution is 2.47. The summed E-state index contributed by atoms with van der Waals surface area (Å²) in [5.41, 5.74) is 0.348. The van der Waals surface area contributed by atoms with Crippen LogP contribution in [-0.4, -0.2) is 24.6 Å². The van der Waals surface area contributed by atoms with Crippen molar-refractivity contribution in [2.24, 2.45) is 5.41 Å². The third kappa shape index (κ3) is 3.51. The molecule has 3 heteroatoms. The molecule has 0 radical (unpaired) electrons. The minimum atomic E-state index is 0.348. The van der Waals surface area contributed by atoms with E-state index in [0.717, 1.165) is 13.0 Å². The Labute approximate surface area is 91.4 Å². The van der Waals surface area contributed by atoms with E-state index in [0.29, 0.717) is 11.5 Å². The zero-order chi connectivity index (χ0) is 10.4. The Balaban J connectivity index is 2.21. The predicted molar refractivity (Wildman–Crippen MR) is 62.4 cm³/mol. The van der Waals surface area contributed by atoms with Crippen LogP contribution in [0.1, 0.15) is 32.6 Å². The zero-order valence-corrected chi connectivity index (χ0v) is 9.99. The SMILES string of the molecule is CCC(CSC)NCC1(CC#N)CC1. The molecule has 1 atom stereocenters. The van der Waals surface area contributed by atoms with E-state index in [1.165, 1.54) is 25.0 Å². The molecule has 0 aromatic heterocycles. The maximum absolute atomic E-state index is 8.69. The molecular weight excluding hydrogens is 192 g/mol. The molecule has 14 heavy (non-hydrogen) atoms. The van der Waals surface area contributed by atoms with Crippen LogP contribution in [0.4, 0.5) is 0 Å². The average Bonchev–Trinajstić information content (AvgIpc) is 2.94. The van der Waals surface area contributed by atoms with Crippen LogP contribution in [0.5, 0.6) is 0 Å². The fourth-order valence-corrected chi connectivity index (χ4v) is 2.40. The molecule has 1 saturated carbocycles. The maximum Gasteiger partial charge on any atom is 0.0628 e. The number of nitriles is 1. The topological polar surface area (TPSA) is 35.8 Å². The fourth-order valence-electron chi connectivity index (χ4n) is 1.64. The van der Waals surface area contributed by atoms with Crippen LogP contribution < -0.4 is 5.32 Å². The van der Waals surface area contributed by atoms with E-state index < -0.39 is 0 Å². The van der Waals surface area contributed by atoms with Crippen molar-refractivity contribution >= 4 is 11.8 Å². The number of hydrogen-bond acceptors (Lipinski definition) is 3. The van der Waals surface area contributed by atoms with Crippen molar-refractivity contribution in [1.29, 1.82) is 5.26 Å². The van der Waals surface area contributed by atoms with Crippen molar-refractivity contribution in [1.82, 2.24) is 5.32 Å². The minimum absolute atomic E-state index is 0.348. The Bertz CT molecular complexity index is 206. The Morgan fingerprint density at radius 2 is 2.29 bits per heavy atom. The fraction of sp³-hybridized carbons (Fsp3) is 0.909. The molecule has 1 N–H and O–H groups in total. The van der Waals surface area contributed by atoms with Crippen LogP contribution in [0.15, 0.2) is 0 Å². The normalized spacial score (nSPS) is 20.1. The van der Waals surface area contributed by atoms with Crippen molar-refractivity contribution in [3.63, 3.8) is 0 Å². The molecule has 0 saturated heterocycles.